The lowest BCUT2D eigenvalue weighted by Crippen LogP contribution is -2.13. The van der Waals surface area contributed by atoms with Gasteiger partial charge in [0.2, 0.25) is 0 Å². The van der Waals surface area contributed by atoms with Crippen molar-refractivity contribution in [1.29, 1.82) is 0 Å². The molecule has 0 atom stereocenters. The number of allylic oxidation sites excluding steroid dienone is 4. The highest BCUT2D eigenvalue weighted by Gasteiger charge is 2.16. The van der Waals surface area contributed by atoms with Crippen molar-refractivity contribution in [2.45, 2.75) is 53.5 Å². The van der Waals surface area contributed by atoms with Crippen LogP contribution in [0.15, 0.2) is 29.4 Å². The molecule has 134 valence electrons. The molecule has 0 aliphatic heterocycles. The number of phenols is 1. The molecule has 0 aliphatic carbocycles. The second-order valence-electron chi connectivity index (χ2n) is 7.03. The van der Waals surface area contributed by atoms with E-state index in [0.717, 1.165) is 36.9 Å². The summed E-state index contributed by atoms with van der Waals surface area (Å²) in [6.07, 6.45) is 7.44. The van der Waals surface area contributed by atoms with E-state index in [0.29, 0.717) is 5.75 Å². The van der Waals surface area contributed by atoms with E-state index in [2.05, 4.69) is 58.0 Å². The lowest BCUT2D eigenvalue weighted by molar-refractivity contribution is 0.362. The summed E-state index contributed by atoms with van der Waals surface area (Å²) in [7, 11) is 5.74. The number of nitrogens with zero attached hydrogens (tertiary/aromatic N) is 1. The van der Waals surface area contributed by atoms with Crippen LogP contribution >= 0.6 is 0 Å². The van der Waals surface area contributed by atoms with Crippen LogP contribution in [0.1, 0.15) is 50.3 Å². The summed E-state index contributed by atoms with van der Waals surface area (Å²) >= 11 is 0. The van der Waals surface area contributed by atoms with Gasteiger partial charge in [0.05, 0.1) is 7.11 Å². The number of rotatable bonds is 8. The van der Waals surface area contributed by atoms with Crippen molar-refractivity contribution in [3.05, 3.63) is 46.1 Å². The third kappa shape index (κ3) is 6.04. The lowest BCUT2D eigenvalue weighted by atomic mass is 9.97. The summed E-state index contributed by atoms with van der Waals surface area (Å²) in [5.74, 6) is 0.866. The topological polar surface area (TPSA) is 32.7 Å². The predicted octanol–water partition coefficient (Wildman–Crippen LogP) is 5.01. The third-order valence-electron chi connectivity index (χ3n) is 4.08. The first-order chi connectivity index (χ1) is 11.3. The summed E-state index contributed by atoms with van der Waals surface area (Å²) in [5, 5.41) is 10.3. The fourth-order valence-corrected chi connectivity index (χ4v) is 2.78. The van der Waals surface area contributed by atoms with E-state index in [1.165, 1.54) is 16.7 Å². The SMILES string of the molecule is COc1c(O)c(C)cc(CN(C)C)c1C/C=C(/C)CCC=C(C)C. The van der Waals surface area contributed by atoms with Crippen molar-refractivity contribution in [3.63, 3.8) is 0 Å². The normalized spacial score (nSPS) is 11.8. The van der Waals surface area contributed by atoms with Gasteiger partial charge in [-0.1, -0.05) is 29.4 Å². The molecule has 0 aromatic heterocycles. The Morgan fingerprint density at radius 1 is 1.21 bits per heavy atom. The molecule has 0 heterocycles. The summed E-state index contributed by atoms with van der Waals surface area (Å²) in [4.78, 5) is 2.14. The number of phenolic OH excluding ortho intramolecular Hbond substituents is 1. The molecule has 24 heavy (non-hydrogen) atoms. The Morgan fingerprint density at radius 2 is 1.88 bits per heavy atom. The van der Waals surface area contributed by atoms with Crippen molar-refractivity contribution in [3.8, 4) is 11.5 Å². The van der Waals surface area contributed by atoms with Gasteiger partial charge < -0.3 is 14.7 Å². The van der Waals surface area contributed by atoms with E-state index < -0.39 is 0 Å². The van der Waals surface area contributed by atoms with E-state index in [9.17, 15) is 5.11 Å². The first-order valence-corrected chi connectivity index (χ1v) is 8.58. The molecule has 0 fully saturated rings. The van der Waals surface area contributed by atoms with Crippen LogP contribution in [-0.2, 0) is 13.0 Å². The maximum Gasteiger partial charge on any atom is 0.164 e. The molecule has 1 rings (SSSR count). The number of aromatic hydroxyl groups is 1. The molecule has 0 radical (unpaired) electrons. The Labute approximate surface area is 147 Å². The van der Waals surface area contributed by atoms with Crippen LogP contribution in [0, 0.1) is 6.92 Å². The Kier molecular flexibility index (Phi) is 8.06. The zero-order valence-electron chi connectivity index (χ0n) is 16.4. The second kappa shape index (κ2) is 9.53. The van der Waals surface area contributed by atoms with Crippen molar-refractivity contribution in [2.75, 3.05) is 21.2 Å². The fourth-order valence-electron chi connectivity index (χ4n) is 2.78. The molecule has 0 saturated carbocycles. The second-order valence-corrected chi connectivity index (χ2v) is 7.03. The number of ether oxygens (including phenoxy) is 1. The van der Waals surface area contributed by atoms with Crippen molar-refractivity contribution < 1.29 is 9.84 Å². The number of methoxy groups -OCH3 is 1. The van der Waals surface area contributed by atoms with E-state index >= 15 is 0 Å². The van der Waals surface area contributed by atoms with Gasteiger partial charge in [0, 0.05) is 12.1 Å². The number of aryl methyl sites for hydroxylation is 1. The van der Waals surface area contributed by atoms with E-state index in [1.54, 1.807) is 7.11 Å². The minimum absolute atomic E-state index is 0.255. The van der Waals surface area contributed by atoms with Gasteiger partial charge >= 0.3 is 0 Å². The maximum absolute atomic E-state index is 10.3. The molecule has 0 aliphatic rings. The van der Waals surface area contributed by atoms with Crippen LogP contribution in [0.5, 0.6) is 11.5 Å². The molecule has 0 unspecified atom stereocenters. The molecule has 0 bridgehead atoms. The molecule has 1 aromatic carbocycles. The monoisotopic (exact) mass is 331 g/mol. The first-order valence-electron chi connectivity index (χ1n) is 8.58. The molecule has 0 amide bonds. The van der Waals surface area contributed by atoms with Crippen LogP contribution in [0.4, 0.5) is 0 Å². The van der Waals surface area contributed by atoms with Crippen molar-refractivity contribution in [2.24, 2.45) is 0 Å². The predicted molar refractivity (Wildman–Crippen MR) is 103 cm³/mol. The van der Waals surface area contributed by atoms with Gasteiger partial charge in [0.1, 0.15) is 0 Å². The van der Waals surface area contributed by atoms with Crippen LogP contribution in [0.2, 0.25) is 0 Å². The van der Waals surface area contributed by atoms with Gasteiger partial charge in [-0.2, -0.15) is 0 Å². The Morgan fingerprint density at radius 3 is 2.42 bits per heavy atom. The van der Waals surface area contributed by atoms with Crippen LogP contribution in [0.3, 0.4) is 0 Å². The van der Waals surface area contributed by atoms with Crippen LogP contribution < -0.4 is 4.74 Å². The number of hydrogen-bond acceptors (Lipinski definition) is 3. The van der Waals surface area contributed by atoms with Gasteiger partial charge in [-0.25, -0.2) is 0 Å². The molecule has 3 heteroatoms. The van der Waals surface area contributed by atoms with Gasteiger partial charge in [0.25, 0.3) is 0 Å². The Balaban J connectivity index is 3.07. The number of hydrogen-bond donors (Lipinski definition) is 1. The first kappa shape index (κ1) is 20.3. The highest BCUT2D eigenvalue weighted by atomic mass is 16.5. The fraction of sp³-hybridized carbons (Fsp3) is 0.524. The minimum Gasteiger partial charge on any atom is -0.504 e. The molecule has 1 aromatic rings. The zero-order valence-corrected chi connectivity index (χ0v) is 16.4. The average molecular weight is 332 g/mol. The highest BCUT2D eigenvalue weighted by Crippen LogP contribution is 2.37. The van der Waals surface area contributed by atoms with Crippen molar-refractivity contribution in [1.82, 2.24) is 4.90 Å². The summed E-state index contributed by atoms with van der Waals surface area (Å²) in [6.45, 7) is 9.18. The standard InChI is InChI=1S/C21H33NO2/c1-15(2)9-8-10-16(3)11-12-19-18(14-22(5)6)13-17(4)20(23)21(19)24-7/h9,11,13,23H,8,10,12,14H2,1-7H3/b16-11-. The highest BCUT2D eigenvalue weighted by molar-refractivity contribution is 5.55. The average Bonchev–Trinajstić information content (AvgIpc) is 2.48. The summed E-state index contributed by atoms with van der Waals surface area (Å²) in [6, 6.07) is 2.07. The van der Waals surface area contributed by atoms with E-state index in [1.807, 2.05) is 6.92 Å². The molecule has 1 N–H and O–H groups in total. The van der Waals surface area contributed by atoms with Crippen LogP contribution in [-0.4, -0.2) is 31.2 Å². The third-order valence-corrected chi connectivity index (χ3v) is 4.08. The van der Waals surface area contributed by atoms with Gasteiger partial charge in [0.15, 0.2) is 11.5 Å². The smallest absolute Gasteiger partial charge is 0.164 e. The molecular weight excluding hydrogens is 298 g/mol. The summed E-state index contributed by atoms with van der Waals surface area (Å²) in [5.41, 5.74) is 5.87. The quantitative estimate of drug-likeness (QED) is 0.680. The van der Waals surface area contributed by atoms with E-state index in [4.69, 9.17) is 4.74 Å². The Hall–Kier alpha value is -1.74. The summed E-state index contributed by atoms with van der Waals surface area (Å²) < 4.78 is 5.52. The minimum atomic E-state index is 0.255. The van der Waals surface area contributed by atoms with Gasteiger partial charge in [-0.05, 0) is 72.2 Å². The maximum atomic E-state index is 10.3. The molecular formula is C21H33NO2. The van der Waals surface area contributed by atoms with Gasteiger partial charge in [-0.3, -0.25) is 0 Å². The molecule has 0 saturated heterocycles. The molecule has 0 spiro atoms. The largest absolute Gasteiger partial charge is 0.504 e. The van der Waals surface area contributed by atoms with Gasteiger partial charge in [-0.15, -0.1) is 0 Å². The van der Waals surface area contributed by atoms with E-state index in [-0.39, 0.29) is 5.75 Å². The van der Waals surface area contributed by atoms with Crippen molar-refractivity contribution >= 4 is 0 Å². The lowest BCUT2D eigenvalue weighted by Gasteiger charge is -2.19. The van der Waals surface area contributed by atoms with Crippen LogP contribution in [0.25, 0.3) is 0 Å². The number of benzene rings is 1. The Bertz CT molecular complexity index is 609. The zero-order chi connectivity index (χ0) is 18.3. The molecule has 3 nitrogen and oxygen atoms in total.